The van der Waals surface area contributed by atoms with Crippen molar-refractivity contribution in [1.82, 2.24) is 15.1 Å². The number of carbonyl (C=O) groups is 2. The third-order valence-corrected chi connectivity index (χ3v) is 8.16. The first-order valence-corrected chi connectivity index (χ1v) is 14.6. The lowest BCUT2D eigenvalue weighted by Crippen LogP contribution is -2.56. The molecule has 1 aliphatic rings. The van der Waals surface area contributed by atoms with E-state index < -0.39 is 6.04 Å². The lowest BCUT2D eigenvalue weighted by molar-refractivity contribution is -0.137. The zero-order valence-corrected chi connectivity index (χ0v) is 23.3. The SMILES string of the molecule is CCCCc1ccc(SCC(NC(C)=O)C(=O)N2CCN(C(c3ccccc3)c3ccccc3)CC2)cc1. The number of hydrogen-bond donors (Lipinski definition) is 1. The van der Waals surface area contributed by atoms with Crippen LogP contribution in [0, 0.1) is 0 Å². The average molecular weight is 530 g/mol. The van der Waals surface area contributed by atoms with Crippen molar-refractivity contribution in [3.63, 3.8) is 0 Å². The molecule has 0 aromatic heterocycles. The van der Waals surface area contributed by atoms with E-state index in [1.165, 1.54) is 36.5 Å². The predicted octanol–water partition coefficient (Wildman–Crippen LogP) is 5.56. The number of nitrogens with zero attached hydrogens (tertiary/aromatic N) is 2. The largest absolute Gasteiger partial charge is 0.344 e. The molecule has 1 heterocycles. The third kappa shape index (κ3) is 7.71. The number of benzene rings is 3. The van der Waals surface area contributed by atoms with Crippen LogP contribution in [-0.4, -0.2) is 59.6 Å². The Hall–Kier alpha value is -3.09. The van der Waals surface area contributed by atoms with Crippen molar-refractivity contribution < 1.29 is 9.59 Å². The third-order valence-electron chi connectivity index (χ3n) is 7.06. The van der Waals surface area contributed by atoms with Gasteiger partial charge in [0.05, 0.1) is 6.04 Å². The zero-order valence-electron chi connectivity index (χ0n) is 22.5. The van der Waals surface area contributed by atoms with Gasteiger partial charge in [-0.3, -0.25) is 14.5 Å². The summed E-state index contributed by atoms with van der Waals surface area (Å²) in [6, 6.07) is 29.3. The van der Waals surface area contributed by atoms with E-state index in [1.807, 2.05) is 17.0 Å². The summed E-state index contributed by atoms with van der Waals surface area (Å²) in [4.78, 5) is 31.0. The van der Waals surface area contributed by atoms with Gasteiger partial charge in [-0.05, 0) is 41.7 Å². The monoisotopic (exact) mass is 529 g/mol. The van der Waals surface area contributed by atoms with Gasteiger partial charge in [0.25, 0.3) is 0 Å². The number of carbonyl (C=O) groups excluding carboxylic acids is 2. The van der Waals surface area contributed by atoms with Gasteiger partial charge < -0.3 is 10.2 Å². The summed E-state index contributed by atoms with van der Waals surface area (Å²) >= 11 is 1.62. The van der Waals surface area contributed by atoms with Crippen molar-refractivity contribution in [3.8, 4) is 0 Å². The van der Waals surface area contributed by atoms with Crippen molar-refractivity contribution >= 4 is 23.6 Å². The highest BCUT2D eigenvalue weighted by atomic mass is 32.2. The minimum Gasteiger partial charge on any atom is -0.344 e. The maximum atomic E-state index is 13.5. The highest BCUT2D eigenvalue weighted by Crippen LogP contribution is 2.29. The van der Waals surface area contributed by atoms with E-state index in [0.717, 1.165) is 24.4 Å². The van der Waals surface area contributed by atoms with E-state index in [-0.39, 0.29) is 17.9 Å². The number of hydrogen-bond acceptors (Lipinski definition) is 4. The highest BCUT2D eigenvalue weighted by Gasteiger charge is 2.31. The normalized spacial score (nSPS) is 14.9. The highest BCUT2D eigenvalue weighted by molar-refractivity contribution is 7.99. The van der Waals surface area contributed by atoms with E-state index in [9.17, 15) is 9.59 Å². The standard InChI is InChI=1S/C32H39N3O2S/c1-3-4-11-26-16-18-29(19-17-26)38-24-30(33-25(2)36)32(37)35-22-20-34(21-23-35)31(27-12-7-5-8-13-27)28-14-9-6-10-15-28/h5-10,12-19,30-31H,3-4,11,20-24H2,1-2H3,(H,33,36). The molecule has 4 rings (SSSR count). The van der Waals surface area contributed by atoms with Gasteiger partial charge in [0, 0.05) is 43.8 Å². The number of thioether (sulfide) groups is 1. The van der Waals surface area contributed by atoms with Crippen LogP contribution in [0.3, 0.4) is 0 Å². The van der Waals surface area contributed by atoms with E-state index in [4.69, 9.17) is 0 Å². The Morgan fingerprint density at radius 3 is 1.95 bits per heavy atom. The molecule has 3 aromatic carbocycles. The molecule has 38 heavy (non-hydrogen) atoms. The van der Waals surface area contributed by atoms with Crippen molar-refractivity contribution in [3.05, 3.63) is 102 Å². The van der Waals surface area contributed by atoms with Gasteiger partial charge in [-0.15, -0.1) is 11.8 Å². The Labute approximate surface area is 231 Å². The molecule has 1 fully saturated rings. The van der Waals surface area contributed by atoms with Crippen LogP contribution in [0.4, 0.5) is 0 Å². The molecule has 2 amide bonds. The minimum absolute atomic E-state index is 0.00267. The predicted molar refractivity (Wildman–Crippen MR) is 156 cm³/mol. The summed E-state index contributed by atoms with van der Waals surface area (Å²) in [7, 11) is 0. The molecular weight excluding hydrogens is 490 g/mol. The number of nitrogens with one attached hydrogen (secondary N) is 1. The van der Waals surface area contributed by atoms with E-state index in [1.54, 1.807) is 11.8 Å². The lowest BCUT2D eigenvalue weighted by atomic mass is 9.96. The fraction of sp³-hybridized carbons (Fsp3) is 0.375. The average Bonchev–Trinajstić information content (AvgIpc) is 2.96. The van der Waals surface area contributed by atoms with Gasteiger partial charge >= 0.3 is 0 Å². The molecule has 200 valence electrons. The number of unbranched alkanes of at least 4 members (excludes halogenated alkanes) is 1. The topological polar surface area (TPSA) is 52.7 Å². The Bertz CT molecular complexity index is 1110. The summed E-state index contributed by atoms with van der Waals surface area (Å²) in [5.41, 5.74) is 3.85. The zero-order chi connectivity index (χ0) is 26.7. The number of aryl methyl sites for hydroxylation is 1. The Morgan fingerprint density at radius 2 is 1.42 bits per heavy atom. The molecule has 0 aliphatic carbocycles. The minimum atomic E-state index is -0.539. The van der Waals surface area contributed by atoms with Crippen LogP contribution in [0.15, 0.2) is 89.8 Å². The van der Waals surface area contributed by atoms with Crippen LogP contribution in [0.25, 0.3) is 0 Å². The molecule has 0 radical (unpaired) electrons. The summed E-state index contributed by atoms with van der Waals surface area (Å²) in [6.45, 7) is 6.52. The second-order valence-electron chi connectivity index (χ2n) is 9.90. The van der Waals surface area contributed by atoms with Crippen LogP contribution in [0.2, 0.25) is 0 Å². The number of piperazine rings is 1. The molecule has 3 aromatic rings. The first-order valence-electron chi connectivity index (χ1n) is 13.7. The molecule has 1 N–H and O–H groups in total. The molecule has 0 saturated carbocycles. The molecule has 5 nitrogen and oxygen atoms in total. The first kappa shape index (κ1) is 27.9. The molecule has 1 unspecified atom stereocenters. The van der Waals surface area contributed by atoms with E-state index in [2.05, 4.69) is 89.9 Å². The van der Waals surface area contributed by atoms with Gasteiger partial charge in [0.15, 0.2) is 0 Å². The number of rotatable bonds is 11. The molecule has 1 saturated heterocycles. The van der Waals surface area contributed by atoms with Gasteiger partial charge in [0.2, 0.25) is 11.8 Å². The summed E-state index contributed by atoms with van der Waals surface area (Å²) in [5.74, 6) is 0.345. The van der Waals surface area contributed by atoms with E-state index in [0.29, 0.717) is 18.8 Å². The fourth-order valence-electron chi connectivity index (χ4n) is 5.04. The molecule has 1 aliphatic heterocycles. The maximum Gasteiger partial charge on any atom is 0.246 e. The Balaban J connectivity index is 1.38. The van der Waals surface area contributed by atoms with Crippen molar-refractivity contribution in [1.29, 1.82) is 0 Å². The summed E-state index contributed by atoms with van der Waals surface area (Å²) < 4.78 is 0. The van der Waals surface area contributed by atoms with Gasteiger partial charge in [0.1, 0.15) is 6.04 Å². The smallest absolute Gasteiger partial charge is 0.246 e. The van der Waals surface area contributed by atoms with Gasteiger partial charge in [-0.2, -0.15) is 0 Å². The van der Waals surface area contributed by atoms with Gasteiger partial charge in [-0.1, -0.05) is 86.1 Å². The molecule has 6 heteroatoms. The van der Waals surface area contributed by atoms with E-state index >= 15 is 0 Å². The summed E-state index contributed by atoms with van der Waals surface area (Å²) in [5, 5.41) is 2.91. The molecular formula is C32H39N3O2S. The Kier molecular flexibility index (Phi) is 10.4. The maximum absolute atomic E-state index is 13.5. The summed E-state index contributed by atoms with van der Waals surface area (Å²) in [6.07, 6.45) is 3.47. The van der Waals surface area contributed by atoms with Crippen molar-refractivity contribution in [2.45, 2.75) is 50.1 Å². The van der Waals surface area contributed by atoms with Crippen LogP contribution in [-0.2, 0) is 16.0 Å². The number of amides is 2. The van der Waals surface area contributed by atoms with Crippen LogP contribution >= 0.6 is 11.8 Å². The molecule has 0 bridgehead atoms. The second-order valence-corrected chi connectivity index (χ2v) is 11.0. The van der Waals surface area contributed by atoms with Crippen molar-refractivity contribution in [2.24, 2.45) is 0 Å². The van der Waals surface area contributed by atoms with Crippen LogP contribution in [0.1, 0.15) is 49.4 Å². The van der Waals surface area contributed by atoms with Gasteiger partial charge in [-0.25, -0.2) is 0 Å². The molecule has 1 atom stereocenters. The Morgan fingerprint density at radius 1 is 0.842 bits per heavy atom. The second kappa shape index (κ2) is 14.2. The van der Waals surface area contributed by atoms with Crippen molar-refractivity contribution in [2.75, 3.05) is 31.9 Å². The quantitative estimate of drug-likeness (QED) is 0.331. The lowest BCUT2D eigenvalue weighted by Gasteiger charge is -2.40. The fourth-order valence-corrected chi connectivity index (χ4v) is 5.95. The van der Waals surface area contributed by atoms with Crippen LogP contribution < -0.4 is 5.32 Å². The first-order chi connectivity index (χ1) is 18.5. The van der Waals surface area contributed by atoms with Crippen LogP contribution in [0.5, 0.6) is 0 Å². The molecule has 0 spiro atoms.